The molecule has 4 nitrogen and oxygen atoms in total. The molecule has 2 rings (SSSR count). The average Bonchev–Trinajstić information content (AvgIpc) is 2.48. The highest BCUT2D eigenvalue weighted by molar-refractivity contribution is 5.92. The second kappa shape index (κ2) is 4.53. The number of rotatable bonds is 0. The smallest absolute Gasteiger partial charge is 0.321 e. The van der Waals surface area contributed by atoms with E-state index in [0.717, 1.165) is 17.8 Å². The van der Waals surface area contributed by atoms with Gasteiger partial charge in [-0.15, -0.1) is 0 Å². The SMILES string of the molecule is CNC(=O)N1CC(C)NCc2ccccc21. The maximum Gasteiger partial charge on any atom is 0.321 e. The van der Waals surface area contributed by atoms with E-state index in [4.69, 9.17) is 0 Å². The van der Waals surface area contributed by atoms with Gasteiger partial charge >= 0.3 is 6.03 Å². The van der Waals surface area contributed by atoms with Crippen molar-refractivity contribution in [1.82, 2.24) is 10.6 Å². The summed E-state index contributed by atoms with van der Waals surface area (Å²) in [6, 6.07) is 8.25. The largest absolute Gasteiger partial charge is 0.341 e. The zero-order valence-electron chi connectivity index (χ0n) is 9.66. The molecule has 0 saturated heterocycles. The molecule has 1 aliphatic rings. The van der Waals surface area contributed by atoms with E-state index in [1.54, 1.807) is 11.9 Å². The number of para-hydroxylation sites is 1. The summed E-state index contributed by atoms with van der Waals surface area (Å²) < 4.78 is 0. The van der Waals surface area contributed by atoms with Crippen LogP contribution in [-0.4, -0.2) is 25.7 Å². The molecule has 1 unspecified atom stereocenters. The van der Waals surface area contributed by atoms with Gasteiger partial charge in [0.25, 0.3) is 0 Å². The monoisotopic (exact) mass is 219 g/mol. The molecule has 1 heterocycles. The van der Waals surface area contributed by atoms with E-state index in [1.165, 1.54) is 0 Å². The fourth-order valence-corrected chi connectivity index (χ4v) is 1.97. The van der Waals surface area contributed by atoms with Crippen molar-refractivity contribution >= 4 is 11.7 Å². The van der Waals surface area contributed by atoms with Crippen molar-refractivity contribution in [3.63, 3.8) is 0 Å². The van der Waals surface area contributed by atoms with Crippen LogP contribution in [0.4, 0.5) is 10.5 Å². The van der Waals surface area contributed by atoms with E-state index < -0.39 is 0 Å². The van der Waals surface area contributed by atoms with Crippen molar-refractivity contribution in [3.8, 4) is 0 Å². The number of nitrogens with one attached hydrogen (secondary N) is 2. The van der Waals surface area contributed by atoms with Crippen LogP contribution in [0.1, 0.15) is 12.5 Å². The van der Waals surface area contributed by atoms with Crippen LogP contribution >= 0.6 is 0 Å². The third-order valence-corrected chi connectivity index (χ3v) is 2.84. The molecular formula is C12H17N3O. The Morgan fingerprint density at radius 3 is 3.00 bits per heavy atom. The average molecular weight is 219 g/mol. The van der Waals surface area contributed by atoms with Crippen molar-refractivity contribution < 1.29 is 4.79 Å². The predicted octanol–water partition coefficient (Wildman–Crippen LogP) is 1.32. The first kappa shape index (κ1) is 11.0. The van der Waals surface area contributed by atoms with Gasteiger partial charge in [-0.1, -0.05) is 18.2 Å². The molecule has 0 aliphatic carbocycles. The van der Waals surface area contributed by atoms with E-state index in [1.807, 2.05) is 18.2 Å². The third kappa shape index (κ3) is 2.02. The van der Waals surface area contributed by atoms with Gasteiger partial charge in [0, 0.05) is 31.9 Å². The van der Waals surface area contributed by atoms with Crippen LogP contribution < -0.4 is 15.5 Å². The fraction of sp³-hybridized carbons (Fsp3) is 0.417. The molecule has 0 saturated carbocycles. The zero-order chi connectivity index (χ0) is 11.5. The highest BCUT2D eigenvalue weighted by Crippen LogP contribution is 2.23. The van der Waals surface area contributed by atoms with Gasteiger partial charge in [-0.25, -0.2) is 4.79 Å². The maximum absolute atomic E-state index is 11.8. The van der Waals surface area contributed by atoms with E-state index in [2.05, 4.69) is 23.6 Å². The van der Waals surface area contributed by atoms with Gasteiger partial charge in [0.15, 0.2) is 0 Å². The highest BCUT2D eigenvalue weighted by Gasteiger charge is 2.22. The van der Waals surface area contributed by atoms with Gasteiger partial charge in [0.1, 0.15) is 0 Å². The second-order valence-corrected chi connectivity index (χ2v) is 4.08. The van der Waals surface area contributed by atoms with E-state index in [9.17, 15) is 4.79 Å². The number of urea groups is 1. The van der Waals surface area contributed by atoms with E-state index in [0.29, 0.717) is 12.6 Å². The lowest BCUT2D eigenvalue weighted by atomic mass is 10.1. The van der Waals surface area contributed by atoms with Gasteiger partial charge in [-0.3, -0.25) is 4.90 Å². The summed E-state index contributed by atoms with van der Waals surface area (Å²) in [7, 11) is 1.66. The van der Waals surface area contributed by atoms with Crippen LogP contribution in [0.15, 0.2) is 24.3 Å². The Labute approximate surface area is 95.6 Å². The van der Waals surface area contributed by atoms with Gasteiger partial charge in [-0.05, 0) is 18.6 Å². The number of nitrogens with zero attached hydrogens (tertiary/aromatic N) is 1. The van der Waals surface area contributed by atoms with Crippen molar-refractivity contribution in [2.45, 2.75) is 19.5 Å². The minimum absolute atomic E-state index is 0.0528. The number of carbonyl (C=O) groups excluding carboxylic acids is 1. The van der Waals surface area contributed by atoms with Gasteiger partial charge in [-0.2, -0.15) is 0 Å². The maximum atomic E-state index is 11.8. The molecule has 2 amide bonds. The standard InChI is InChI=1S/C12H17N3O/c1-9-8-15(12(16)13-2)11-6-4-3-5-10(11)7-14-9/h3-6,9,14H,7-8H2,1-2H3,(H,13,16). The van der Waals surface area contributed by atoms with Crippen molar-refractivity contribution in [3.05, 3.63) is 29.8 Å². The lowest BCUT2D eigenvalue weighted by Crippen LogP contribution is -2.43. The molecule has 16 heavy (non-hydrogen) atoms. The molecule has 1 aromatic carbocycles. The summed E-state index contributed by atoms with van der Waals surface area (Å²) in [5.41, 5.74) is 2.16. The van der Waals surface area contributed by atoms with Crippen LogP contribution in [0.2, 0.25) is 0 Å². The van der Waals surface area contributed by atoms with Crippen LogP contribution in [0.5, 0.6) is 0 Å². The Bertz CT molecular complexity index is 392. The van der Waals surface area contributed by atoms with Crippen LogP contribution in [0, 0.1) is 0 Å². The number of fused-ring (bicyclic) bond motifs is 1. The molecule has 4 heteroatoms. The second-order valence-electron chi connectivity index (χ2n) is 4.08. The summed E-state index contributed by atoms with van der Waals surface area (Å²) in [5, 5.41) is 6.07. The topological polar surface area (TPSA) is 44.4 Å². The Hall–Kier alpha value is -1.55. The van der Waals surface area contributed by atoms with Gasteiger partial charge < -0.3 is 10.6 Å². The first-order chi connectivity index (χ1) is 7.72. The Morgan fingerprint density at radius 2 is 2.25 bits per heavy atom. The zero-order valence-corrected chi connectivity index (χ0v) is 9.66. The number of benzene rings is 1. The molecule has 2 N–H and O–H groups in total. The summed E-state index contributed by atoms with van der Waals surface area (Å²) in [4.78, 5) is 13.6. The number of amides is 2. The molecule has 86 valence electrons. The number of anilines is 1. The summed E-state index contributed by atoms with van der Waals surface area (Å²) in [6.45, 7) is 3.59. The molecule has 0 fully saturated rings. The first-order valence-corrected chi connectivity index (χ1v) is 5.53. The Kier molecular flexibility index (Phi) is 3.10. The van der Waals surface area contributed by atoms with E-state index in [-0.39, 0.29) is 6.03 Å². The van der Waals surface area contributed by atoms with Crippen molar-refractivity contribution in [2.75, 3.05) is 18.5 Å². The normalized spacial score (nSPS) is 19.9. The lowest BCUT2D eigenvalue weighted by Gasteiger charge is -2.23. The molecule has 0 radical (unpaired) electrons. The molecule has 0 aromatic heterocycles. The highest BCUT2D eigenvalue weighted by atomic mass is 16.2. The molecule has 1 aromatic rings. The summed E-state index contributed by atoms with van der Waals surface area (Å²) >= 11 is 0. The molecular weight excluding hydrogens is 202 g/mol. The van der Waals surface area contributed by atoms with Crippen molar-refractivity contribution in [2.24, 2.45) is 0 Å². The van der Waals surface area contributed by atoms with Crippen molar-refractivity contribution in [1.29, 1.82) is 0 Å². The molecule has 1 aliphatic heterocycles. The first-order valence-electron chi connectivity index (χ1n) is 5.53. The minimum atomic E-state index is -0.0528. The predicted molar refractivity (Wildman–Crippen MR) is 64.5 cm³/mol. The quantitative estimate of drug-likeness (QED) is 0.691. The Balaban J connectivity index is 2.38. The van der Waals surface area contributed by atoms with Crippen LogP contribution in [0.3, 0.4) is 0 Å². The molecule has 0 bridgehead atoms. The molecule has 1 atom stereocenters. The summed E-state index contributed by atoms with van der Waals surface area (Å²) in [6.07, 6.45) is 0. The van der Waals surface area contributed by atoms with E-state index >= 15 is 0 Å². The summed E-state index contributed by atoms with van der Waals surface area (Å²) in [5.74, 6) is 0. The number of hydrogen-bond donors (Lipinski definition) is 2. The number of hydrogen-bond acceptors (Lipinski definition) is 2. The fourth-order valence-electron chi connectivity index (χ4n) is 1.97. The van der Waals surface area contributed by atoms with Gasteiger partial charge in [0.2, 0.25) is 0 Å². The molecule has 0 spiro atoms. The van der Waals surface area contributed by atoms with Crippen LogP contribution in [-0.2, 0) is 6.54 Å². The van der Waals surface area contributed by atoms with Gasteiger partial charge in [0.05, 0.1) is 0 Å². The Morgan fingerprint density at radius 1 is 1.50 bits per heavy atom. The third-order valence-electron chi connectivity index (χ3n) is 2.84. The lowest BCUT2D eigenvalue weighted by molar-refractivity contribution is 0.247. The van der Waals surface area contributed by atoms with Crippen LogP contribution in [0.25, 0.3) is 0 Å². The minimum Gasteiger partial charge on any atom is -0.341 e. The number of carbonyl (C=O) groups is 1.